The second-order valence-corrected chi connectivity index (χ2v) is 4.59. The van der Waals surface area contributed by atoms with Gasteiger partial charge in [0.1, 0.15) is 5.75 Å². The number of nitrogens with one attached hydrogen (secondary N) is 2. The van der Waals surface area contributed by atoms with E-state index in [1.807, 2.05) is 6.07 Å². The number of aromatic hydroxyl groups is 1. The zero-order chi connectivity index (χ0) is 13.3. The van der Waals surface area contributed by atoms with Crippen LogP contribution in [0.25, 0.3) is 0 Å². The molecular formula is C13H14N2O2S. The van der Waals surface area contributed by atoms with Crippen LogP contribution in [0.15, 0.2) is 35.5 Å². The lowest BCUT2D eigenvalue weighted by Gasteiger charge is -2.30. The van der Waals surface area contributed by atoms with Gasteiger partial charge in [-0.05, 0) is 32.1 Å². The monoisotopic (exact) mass is 262 g/mol. The third-order valence-corrected chi connectivity index (χ3v) is 3.12. The van der Waals surface area contributed by atoms with Gasteiger partial charge in [-0.1, -0.05) is 18.2 Å². The Balaban J connectivity index is 2.54. The Hall–Kier alpha value is -1.88. The number of benzene rings is 1. The van der Waals surface area contributed by atoms with E-state index in [0.29, 0.717) is 16.2 Å². The molecule has 0 aliphatic carbocycles. The van der Waals surface area contributed by atoms with Crippen molar-refractivity contribution in [2.45, 2.75) is 19.9 Å². The van der Waals surface area contributed by atoms with Crippen molar-refractivity contribution in [3.63, 3.8) is 0 Å². The second-order valence-electron chi connectivity index (χ2n) is 4.19. The van der Waals surface area contributed by atoms with Crippen LogP contribution in [0.3, 0.4) is 0 Å². The topological polar surface area (TPSA) is 61.4 Å². The summed E-state index contributed by atoms with van der Waals surface area (Å²) in [5.74, 6) is 0.0921. The summed E-state index contributed by atoms with van der Waals surface area (Å²) in [6.07, 6.45) is 0. The fraction of sp³-hybridized carbons (Fsp3) is 0.231. The molecule has 2 rings (SSSR count). The number of ketones is 1. The van der Waals surface area contributed by atoms with Crippen LogP contribution in [-0.4, -0.2) is 16.0 Å². The van der Waals surface area contributed by atoms with Crippen LogP contribution in [0.5, 0.6) is 5.75 Å². The third kappa shape index (κ3) is 2.22. The van der Waals surface area contributed by atoms with Crippen molar-refractivity contribution < 1.29 is 9.90 Å². The molecule has 1 atom stereocenters. The van der Waals surface area contributed by atoms with E-state index in [0.717, 1.165) is 5.70 Å². The maximum Gasteiger partial charge on any atom is 0.171 e. The molecule has 0 fully saturated rings. The highest BCUT2D eigenvalue weighted by atomic mass is 32.1. The van der Waals surface area contributed by atoms with Gasteiger partial charge < -0.3 is 15.7 Å². The van der Waals surface area contributed by atoms with Gasteiger partial charge in [-0.15, -0.1) is 0 Å². The molecule has 0 spiro atoms. The molecule has 0 saturated carbocycles. The minimum absolute atomic E-state index is 0.0525. The van der Waals surface area contributed by atoms with Crippen LogP contribution >= 0.6 is 12.2 Å². The quantitative estimate of drug-likeness (QED) is 0.709. The van der Waals surface area contributed by atoms with E-state index in [2.05, 4.69) is 10.6 Å². The summed E-state index contributed by atoms with van der Waals surface area (Å²) in [6.45, 7) is 3.31. The van der Waals surface area contributed by atoms with Gasteiger partial charge in [-0.3, -0.25) is 4.79 Å². The fourth-order valence-corrected chi connectivity index (χ4v) is 2.40. The Morgan fingerprint density at radius 2 is 2.06 bits per heavy atom. The summed E-state index contributed by atoms with van der Waals surface area (Å²) in [5.41, 5.74) is 1.95. The van der Waals surface area contributed by atoms with Gasteiger partial charge in [0.05, 0.1) is 6.04 Å². The molecular weight excluding hydrogens is 248 g/mol. The Morgan fingerprint density at radius 1 is 1.39 bits per heavy atom. The molecule has 1 aromatic rings. The molecule has 0 amide bonds. The van der Waals surface area contributed by atoms with E-state index in [1.165, 1.54) is 6.92 Å². The van der Waals surface area contributed by atoms with E-state index >= 15 is 0 Å². The highest BCUT2D eigenvalue weighted by molar-refractivity contribution is 7.80. The number of Topliss-reactive ketones (excluding diaryl/α,β-unsaturated/α-hetero) is 1. The van der Waals surface area contributed by atoms with Gasteiger partial charge in [0.2, 0.25) is 0 Å². The number of hydrogen-bond donors (Lipinski definition) is 3. The van der Waals surface area contributed by atoms with Gasteiger partial charge in [0, 0.05) is 16.8 Å². The zero-order valence-electron chi connectivity index (χ0n) is 10.2. The number of allylic oxidation sites excluding steroid dienone is 1. The predicted molar refractivity (Wildman–Crippen MR) is 73.1 cm³/mol. The van der Waals surface area contributed by atoms with E-state index < -0.39 is 6.04 Å². The first kappa shape index (κ1) is 12.6. The first-order valence-corrected chi connectivity index (χ1v) is 5.98. The van der Waals surface area contributed by atoms with Gasteiger partial charge in [-0.2, -0.15) is 0 Å². The lowest BCUT2D eigenvalue weighted by atomic mass is 9.92. The van der Waals surface area contributed by atoms with Gasteiger partial charge in [0.15, 0.2) is 10.9 Å². The molecule has 0 radical (unpaired) electrons. The number of para-hydroxylation sites is 1. The first-order valence-electron chi connectivity index (χ1n) is 5.58. The summed E-state index contributed by atoms with van der Waals surface area (Å²) in [5, 5.41) is 16.3. The number of rotatable bonds is 2. The molecule has 0 aromatic heterocycles. The van der Waals surface area contributed by atoms with E-state index in [9.17, 15) is 9.90 Å². The molecule has 4 nitrogen and oxygen atoms in total. The lowest BCUT2D eigenvalue weighted by molar-refractivity contribution is -0.114. The number of carbonyl (C=O) groups is 1. The summed E-state index contributed by atoms with van der Waals surface area (Å²) in [4.78, 5) is 11.7. The number of thiocarbonyl (C=S) groups is 1. The van der Waals surface area contributed by atoms with Gasteiger partial charge in [0.25, 0.3) is 0 Å². The van der Waals surface area contributed by atoms with E-state index in [4.69, 9.17) is 12.2 Å². The summed E-state index contributed by atoms with van der Waals surface area (Å²) in [6, 6.07) is 6.51. The fourth-order valence-electron chi connectivity index (χ4n) is 2.13. The highest BCUT2D eigenvalue weighted by Gasteiger charge is 2.29. The largest absolute Gasteiger partial charge is 0.508 e. The third-order valence-electron chi connectivity index (χ3n) is 2.90. The Labute approximate surface area is 111 Å². The molecule has 1 aromatic carbocycles. The van der Waals surface area contributed by atoms with E-state index in [-0.39, 0.29) is 11.5 Å². The second kappa shape index (κ2) is 4.78. The Kier molecular flexibility index (Phi) is 3.34. The van der Waals surface area contributed by atoms with Crippen molar-refractivity contribution in [3.05, 3.63) is 41.1 Å². The summed E-state index contributed by atoms with van der Waals surface area (Å²) < 4.78 is 0. The molecule has 1 unspecified atom stereocenters. The Bertz CT molecular complexity index is 552. The van der Waals surface area contributed by atoms with Crippen molar-refractivity contribution in [2.75, 3.05) is 0 Å². The molecule has 18 heavy (non-hydrogen) atoms. The maximum absolute atomic E-state index is 11.7. The molecule has 1 aliphatic rings. The Morgan fingerprint density at radius 3 is 2.67 bits per heavy atom. The van der Waals surface area contributed by atoms with Crippen molar-refractivity contribution in [1.82, 2.24) is 10.6 Å². The van der Waals surface area contributed by atoms with Gasteiger partial charge in [-0.25, -0.2) is 0 Å². The molecule has 3 N–H and O–H groups in total. The van der Waals surface area contributed by atoms with E-state index in [1.54, 1.807) is 25.1 Å². The number of phenolic OH excluding ortho intramolecular Hbond substituents is 1. The molecule has 0 saturated heterocycles. The minimum Gasteiger partial charge on any atom is -0.508 e. The zero-order valence-corrected chi connectivity index (χ0v) is 11.0. The average molecular weight is 262 g/mol. The summed E-state index contributed by atoms with van der Waals surface area (Å²) in [7, 11) is 0. The molecule has 1 heterocycles. The maximum atomic E-state index is 11.7. The summed E-state index contributed by atoms with van der Waals surface area (Å²) >= 11 is 5.09. The van der Waals surface area contributed by atoms with Crippen molar-refractivity contribution in [3.8, 4) is 5.75 Å². The van der Waals surface area contributed by atoms with Crippen LogP contribution in [0.1, 0.15) is 25.5 Å². The van der Waals surface area contributed by atoms with Crippen LogP contribution in [0.2, 0.25) is 0 Å². The van der Waals surface area contributed by atoms with Crippen molar-refractivity contribution in [2.24, 2.45) is 0 Å². The molecule has 1 aliphatic heterocycles. The lowest BCUT2D eigenvalue weighted by Crippen LogP contribution is -2.44. The molecule has 5 heteroatoms. The average Bonchev–Trinajstić information content (AvgIpc) is 2.27. The standard InChI is InChI=1S/C13H14N2O2S/c1-7-11(8(2)16)12(15-13(18)14-7)9-5-3-4-6-10(9)17/h3-6,12,17H,1-2H3,(H2,14,15,18). The van der Waals surface area contributed by atoms with Crippen LogP contribution in [-0.2, 0) is 4.79 Å². The SMILES string of the molecule is CC(=O)C1=C(C)NC(=S)NC1c1ccccc1O. The predicted octanol–water partition coefficient (Wildman–Crippen LogP) is 1.77. The molecule has 0 bridgehead atoms. The number of phenols is 1. The van der Waals surface area contributed by atoms with Gasteiger partial charge >= 0.3 is 0 Å². The first-order chi connectivity index (χ1) is 8.50. The van der Waals surface area contributed by atoms with Crippen LogP contribution in [0.4, 0.5) is 0 Å². The smallest absolute Gasteiger partial charge is 0.171 e. The molecule has 94 valence electrons. The minimum atomic E-state index is -0.405. The van der Waals surface area contributed by atoms with Crippen molar-refractivity contribution >= 4 is 23.1 Å². The van der Waals surface area contributed by atoms with Crippen LogP contribution in [0, 0.1) is 0 Å². The number of hydrogen-bond acceptors (Lipinski definition) is 3. The van der Waals surface area contributed by atoms with Crippen LogP contribution < -0.4 is 10.6 Å². The normalized spacial score (nSPS) is 19.2. The van der Waals surface area contributed by atoms with Crippen molar-refractivity contribution in [1.29, 1.82) is 0 Å². The number of carbonyl (C=O) groups excluding carboxylic acids is 1. The highest BCUT2D eigenvalue weighted by Crippen LogP contribution is 2.32.